The summed E-state index contributed by atoms with van der Waals surface area (Å²) < 4.78 is 0. The maximum Gasteiger partial charge on any atom is 0.127 e. The Morgan fingerprint density at radius 3 is 2.81 bits per heavy atom. The van der Waals surface area contributed by atoms with Crippen molar-refractivity contribution in [3.63, 3.8) is 0 Å². The zero-order valence-corrected chi connectivity index (χ0v) is 10.4. The van der Waals surface area contributed by atoms with Gasteiger partial charge in [-0.3, -0.25) is 0 Å². The van der Waals surface area contributed by atoms with E-state index in [9.17, 15) is 0 Å². The first-order chi connectivity index (χ1) is 7.70. The standard InChI is InChI=1S/C13H21N3/c1-10(2)9-16(11-4-5-11)12-6-7-15-13(8-12)14-3/h6-8,10-11H,4-5,9H2,1-3H3,(H,14,15). The van der Waals surface area contributed by atoms with Crippen molar-refractivity contribution in [2.75, 3.05) is 23.8 Å². The molecular formula is C13H21N3. The number of rotatable bonds is 5. The van der Waals surface area contributed by atoms with Crippen LogP contribution in [0.2, 0.25) is 0 Å². The number of nitrogens with one attached hydrogen (secondary N) is 1. The summed E-state index contributed by atoms with van der Waals surface area (Å²) in [6.07, 6.45) is 4.56. The van der Waals surface area contributed by atoms with Crippen molar-refractivity contribution in [3.8, 4) is 0 Å². The van der Waals surface area contributed by atoms with Crippen LogP contribution in [0, 0.1) is 5.92 Å². The maximum atomic E-state index is 4.26. The minimum Gasteiger partial charge on any atom is -0.373 e. The van der Waals surface area contributed by atoms with Crippen LogP contribution in [0.25, 0.3) is 0 Å². The first-order valence-corrected chi connectivity index (χ1v) is 6.11. The van der Waals surface area contributed by atoms with Crippen molar-refractivity contribution in [2.24, 2.45) is 5.92 Å². The Balaban J connectivity index is 2.16. The van der Waals surface area contributed by atoms with Gasteiger partial charge in [-0.15, -0.1) is 0 Å². The van der Waals surface area contributed by atoms with Gasteiger partial charge in [-0.05, 0) is 24.8 Å². The Morgan fingerprint density at radius 2 is 2.25 bits per heavy atom. The molecule has 1 aliphatic rings. The fourth-order valence-corrected chi connectivity index (χ4v) is 1.98. The van der Waals surface area contributed by atoms with E-state index in [2.05, 4.69) is 41.2 Å². The molecule has 1 N–H and O–H groups in total. The summed E-state index contributed by atoms with van der Waals surface area (Å²) in [7, 11) is 1.91. The van der Waals surface area contributed by atoms with E-state index < -0.39 is 0 Å². The molecule has 0 radical (unpaired) electrons. The number of nitrogens with zero attached hydrogens (tertiary/aromatic N) is 2. The Bertz CT molecular complexity index is 345. The molecule has 0 bridgehead atoms. The van der Waals surface area contributed by atoms with E-state index in [0.717, 1.165) is 18.4 Å². The van der Waals surface area contributed by atoms with E-state index in [0.29, 0.717) is 5.92 Å². The second kappa shape index (κ2) is 4.73. The van der Waals surface area contributed by atoms with E-state index >= 15 is 0 Å². The van der Waals surface area contributed by atoms with Gasteiger partial charge < -0.3 is 10.2 Å². The highest BCUT2D eigenvalue weighted by Gasteiger charge is 2.29. The molecule has 1 aromatic heterocycles. The molecule has 1 heterocycles. The second-order valence-electron chi connectivity index (χ2n) is 4.93. The second-order valence-corrected chi connectivity index (χ2v) is 4.93. The number of hydrogen-bond acceptors (Lipinski definition) is 3. The lowest BCUT2D eigenvalue weighted by molar-refractivity contribution is 0.607. The molecule has 0 saturated heterocycles. The zero-order valence-electron chi connectivity index (χ0n) is 10.4. The molecule has 3 heteroatoms. The van der Waals surface area contributed by atoms with Gasteiger partial charge in [0.25, 0.3) is 0 Å². The van der Waals surface area contributed by atoms with Crippen LogP contribution in [-0.2, 0) is 0 Å². The average molecular weight is 219 g/mol. The molecule has 0 spiro atoms. The van der Waals surface area contributed by atoms with Crippen molar-refractivity contribution < 1.29 is 0 Å². The minimum atomic E-state index is 0.701. The van der Waals surface area contributed by atoms with Crippen LogP contribution in [0.4, 0.5) is 11.5 Å². The smallest absolute Gasteiger partial charge is 0.127 e. The first-order valence-electron chi connectivity index (χ1n) is 6.11. The summed E-state index contributed by atoms with van der Waals surface area (Å²) in [5.74, 6) is 1.65. The van der Waals surface area contributed by atoms with Gasteiger partial charge in [0.1, 0.15) is 5.82 Å². The highest BCUT2D eigenvalue weighted by atomic mass is 15.2. The average Bonchev–Trinajstić information content (AvgIpc) is 3.09. The molecule has 16 heavy (non-hydrogen) atoms. The molecule has 0 aromatic carbocycles. The lowest BCUT2D eigenvalue weighted by Gasteiger charge is -2.26. The Kier molecular flexibility index (Phi) is 3.32. The van der Waals surface area contributed by atoms with Gasteiger partial charge in [0, 0.05) is 37.6 Å². The fourth-order valence-electron chi connectivity index (χ4n) is 1.98. The highest BCUT2D eigenvalue weighted by molar-refractivity contribution is 5.55. The molecule has 0 unspecified atom stereocenters. The van der Waals surface area contributed by atoms with Crippen LogP contribution in [0.15, 0.2) is 18.3 Å². The molecule has 2 rings (SSSR count). The lowest BCUT2D eigenvalue weighted by atomic mass is 10.2. The zero-order chi connectivity index (χ0) is 11.5. The predicted molar refractivity (Wildman–Crippen MR) is 69.0 cm³/mol. The third kappa shape index (κ3) is 2.65. The van der Waals surface area contributed by atoms with Crippen LogP contribution >= 0.6 is 0 Å². The Morgan fingerprint density at radius 1 is 1.50 bits per heavy atom. The molecular weight excluding hydrogens is 198 g/mol. The summed E-state index contributed by atoms with van der Waals surface area (Å²) in [5.41, 5.74) is 1.30. The molecule has 0 atom stereocenters. The van der Waals surface area contributed by atoms with Crippen LogP contribution < -0.4 is 10.2 Å². The Labute approximate surface area is 97.9 Å². The van der Waals surface area contributed by atoms with Crippen molar-refractivity contribution in [1.82, 2.24) is 4.98 Å². The molecule has 0 amide bonds. The first kappa shape index (κ1) is 11.2. The molecule has 88 valence electrons. The fraction of sp³-hybridized carbons (Fsp3) is 0.615. The molecule has 1 aromatic rings. The minimum absolute atomic E-state index is 0.701. The number of hydrogen-bond donors (Lipinski definition) is 1. The van der Waals surface area contributed by atoms with E-state index in [4.69, 9.17) is 0 Å². The summed E-state index contributed by atoms with van der Waals surface area (Å²) >= 11 is 0. The van der Waals surface area contributed by atoms with Crippen LogP contribution in [0.5, 0.6) is 0 Å². The third-order valence-corrected chi connectivity index (χ3v) is 2.88. The Hall–Kier alpha value is -1.25. The highest BCUT2D eigenvalue weighted by Crippen LogP contribution is 2.32. The number of anilines is 2. The van der Waals surface area contributed by atoms with Crippen LogP contribution in [0.1, 0.15) is 26.7 Å². The summed E-state index contributed by atoms with van der Waals surface area (Å²) in [5, 5.41) is 3.10. The van der Waals surface area contributed by atoms with E-state index in [1.165, 1.54) is 18.5 Å². The molecule has 1 fully saturated rings. The third-order valence-electron chi connectivity index (χ3n) is 2.88. The monoisotopic (exact) mass is 219 g/mol. The van der Waals surface area contributed by atoms with Gasteiger partial charge in [0.05, 0.1) is 0 Å². The number of aromatic nitrogens is 1. The van der Waals surface area contributed by atoms with Crippen LogP contribution in [-0.4, -0.2) is 24.6 Å². The topological polar surface area (TPSA) is 28.2 Å². The molecule has 1 aliphatic carbocycles. The molecule has 1 saturated carbocycles. The quantitative estimate of drug-likeness (QED) is 0.825. The van der Waals surface area contributed by atoms with Gasteiger partial charge in [0.2, 0.25) is 0 Å². The van der Waals surface area contributed by atoms with Gasteiger partial charge >= 0.3 is 0 Å². The molecule has 3 nitrogen and oxygen atoms in total. The van der Waals surface area contributed by atoms with Gasteiger partial charge in [-0.25, -0.2) is 4.98 Å². The largest absolute Gasteiger partial charge is 0.373 e. The van der Waals surface area contributed by atoms with Gasteiger partial charge in [-0.2, -0.15) is 0 Å². The summed E-state index contributed by atoms with van der Waals surface area (Å²) in [6.45, 7) is 5.68. The van der Waals surface area contributed by atoms with Gasteiger partial charge in [0.15, 0.2) is 0 Å². The maximum absolute atomic E-state index is 4.26. The predicted octanol–water partition coefficient (Wildman–Crippen LogP) is 2.75. The summed E-state index contributed by atoms with van der Waals surface area (Å²) in [6, 6.07) is 5.01. The van der Waals surface area contributed by atoms with Crippen LogP contribution in [0.3, 0.4) is 0 Å². The molecule has 0 aliphatic heterocycles. The van der Waals surface area contributed by atoms with Gasteiger partial charge in [-0.1, -0.05) is 13.8 Å². The van der Waals surface area contributed by atoms with E-state index in [1.54, 1.807) is 0 Å². The van der Waals surface area contributed by atoms with E-state index in [-0.39, 0.29) is 0 Å². The summed E-state index contributed by atoms with van der Waals surface area (Å²) in [4.78, 5) is 6.78. The van der Waals surface area contributed by atoms with Crippen molar-refractivity contribution in [2.45, 2.75) is 32.7 Å². The van der Waals surface area contributed by atoms with Crippen molar-refractivity contribution in [1.29, 1.82) is 0 Å². The lowest BCUT2D eigenvalue weighted by Crippen LogP contribution is -2.29. The van der Waals surface area contributed by atoms with Crippen molar-refractivity contribution >= 4 is 11.5 Å². The normalized spacial score (nSPS) is 15.2. The van der Waals surface area contributed by atoms with E-state index in [1.807, 2.05) is 13.2 Å². The SMILES string of the molecule is CNc1cc(N(CC(C)C)C2CC2)ccn1. The van der Waals surface area contributed by atoms with Crippen molar-refractivity contribution in [3.05, 3.63) is 18.3 Å². The number of pyridine rings is 1.